The molecule has 4 nitrogen and oxygen atoms in total. The number of fused-ring (bicyclic) bond motifs is 1. The Morgan fingerprint density at radius 2 is 1.89 bits per heavy atom. The number of benzene rings is 2. The highest BCUT2D eigenvalue weighted by Gasteiger charge is 2.32. The number of nitrogens with two attached hydrogens (primary N) is 1. The Bertz CT molecular complexity index is 999. The lowest BCUT2D eigenvalue weighted by Gasteiger charge is -2.12. The third kappa shape index (κ3) is 4.36. The van der Waals surface area contributed by atoms with Gasteiger partial charge in [-0.3, -0.25) is 9.78 Å². The van der Waals surface area contributed by atoms with Crippen molar-refractivity contribution >= 4 is 28.2 Å². The highest BCUT2D eigenvalue weighted by atomic mass is 19.4. The van der Waals surface area contributed by atoms with Gasteiger partial charge < -0.3 is 11.1 Å². The fraction of sp³-hybridized carbons (Fsp3) is 0.200. The first kappa shape index (κ1) is 18.7. The van der Waals surface area contributed by atoms with E-state index in [-0.39, 0.29) is 24.3 Å². The van der Waals surface area contributed by atoms with Crippen molar-refractivity contribution < 1.29 is 18.0 Å². The van der Waals surface area contributed by atoms with Gasteiger partial charge in [-0.25, -0.2) is 0 Å². The third-order valence-corrected chi connectivity index (χ3v) is 4.20. The zero-order chi connectivity index (χ0) is 19.6. The van der Waals surface area contributed by atoms with Crippen LogP contribution in [0, 0.1) is 6.92 Å². The van der Waals surface area contributed by atoms with Crippen molar-refractivity contribution in [3.8, 4) is 0 Å². The number of pyridine rings is 1. The van der Waals surface area contributed by atoms with Gasteiger partial charge in [0.05, 0.1) is 11.1 Å². The van der Waals surface area contributed by atoms with E-state index in [2.05, 4.69) is 10.3 Å². The number of aryl methyl sites for hydroxylation is 2. The number of halogens is 3. The van der Waals surface area contributed by atoms with Gasteiger partial charge in [0.25, 0.3) is 0 Å². The van der Waals surface area contributed by atoms with E-state index in [0.717, 1.165) is 11.8 Å². The molecule has 0 aliphatic carbocycles. The maximum Gasteiger partial charge on any atom is 0.416 e. The van der Waals surface area contributed by atoms with Crippen LogP contribution in [0.3, 0.4) is 0 Å². The molecule has 0 aliphatic heterocycles. The fourth-order valence-electron chi connectivity index (χ4n) is 2.95. The van der Waals surface area contributed by atoms with E-state index >= 15 is 0 Å². The molecule has 2 aromatic carbocycles. The molecule has 0 atom stereocenters. The zero-order valence-electron chi connectivity index (χ0n) is 14.6. The molecule has 0 fully saturated rings. The van der Waals surface area contributed by atoms with Crippen LogP contribution >= 0.6 is 0 Å². The molecule has 1 amide bonds. The molecule has 1 aromatic heterocycles. The number of hydrogen-bond donors (Lipinski definition) is 2. The molecule has 0 spiro atoms. The molecule has 27 heavy (non-hydrogen) atoms. The standard InChI is InChI=1S/C20H18F3N3O/c1-12-10-17(24)15-11-14(7-8-18(15)25-12)26-19(27)9-6-13-4-2-3-5-16(13)20(21,22)23/h2-5,7-8,10-11H,6,9H2,1H3,(H2,24,25)(H,26,27). The molecule has 3 N–H and O–H groups in total. The second-order valence-electron chi connectivity index (χ2n) is 6.29. The highest BCUT2D eigenvalue weighted by molar-refractivity contribution is 5.97. The first-order valence-electron chi connectivity index (χ1n) is 8.36. The Morgan fingerprint density at radius 3 is 2.63 bits per heavy atom. The van der Waals surface area contributed by atoms with E-state index in [9.17, 15) is 18.0 Å². The van der Waals surface area contributed by atoms with Crippen molar-refractivity contribution in [1.29, 1.82) is 0 Å². The maximum absolute atomic E-state index is 13.0. The topological polar surface area (TPSA) is 68.0 Å². The summed E-state index contributed by atoms with van der Waals surface area (Å²) in [7, 11) is 0. The van der Waals surface area contributed by atoms with Crippen molar-refractivity contribution in [1.82, 2.24) is 4.98 Å². The molecule has 0 saturated heterocycles. The van der Waals surface area contributed by atoms with Gasteiger partial charge in [-0.05, 0) is 49.2 Å². The minimum atomic E-state index is -4.44. The van der Waals surface area contributed by atoms with Crippen LogP contribution in [-0.2, 0) is 17.4 Å². The van der Waals surface area contributed by atoms with Crippen molar-refractivity contribution in [3.05, 3.63) is 65.4 Å². The molecule has 3 aromatic rings. The highest BCUT2D eigenvalue weighted by Crippen LogP contribution is 2.32. The lowest BCUT2D eigenvalue weighted by Crippen LogP contribution is -2.14. The van der Waals surface area contributed by atoms with E-state index in [0.29, 0.717) is 22.3 Å². The number of nitrogens with one attached hydrogen (secondary N) is 1. The summed E-state index contributed by atoms with van der Waals surface area (Å²) in [6, 6.07) is 12.2. The third-order valence-electron chi connectivity index (χ3n) is 4.20. The first-order chi connectivity index (χ1) is 12.7. The first-order valence-corrected chi connectivity index (χ1v) is 8.36. The van der Waals surface area contributed by atoms with Crippen molar-refractivity contribution in [2.24, 2.45) is 0 Å². The Labute approximate surface area is 154 Å². The Morgan fingerprint density at radius 1 is 1.15 bits per heavy atom. The summed E-state index contributed by atoms with van der Waals surface area (Å²) < 4.78 is 39.0. The number of alkyl halides is 3. The van der Waals surface area contributed by atoms with Crippen LogP contribution in [0.5, 0.6) is 0 Å². The number of nitrogen functional groups attached to an aromatic ring is 1. The van der Waals surface area contributed by atoms with E-state index in [1.807, 2.05) is 6.92 Å². The SMILES string of the molecule is Cc1cc(N)c2cc(NC(=O)CCc3ccccc3C(F)(F)F)ccc2n1. The van der Waals surface area contributed by atoms with Crippen LogP contribution in [-0.4, -0.2) is 10.9 Å². The van der Waals surface area contributed by atoms with Crippen LogP contribution in [0.1, 0.15) is 23.2 Å². The van der Waals surface area contributed by atoms with E-state index < -0.39 is 11.7 Å². The van der Waals surface area contributed by atoms with Crippen LogP contribution < -0.4 is 11.1 Å². The van der Waals surface area contributed by atoms with Gasteiger partial charge in [-0.1, -0.05) is 18.2 Å². The van der Waals surface area contributed by atoms with Gasteiger partial charge in [0.2, 0.25) is 5.91 Å². The summed E-state index contributed by atoms with van der Waals surface area (Å²) in [6.45, 7) is 1.84. The van der Waals surface area contributed by atoms with E-state index in [1.165, 1.54) is 18.2 Å². The lowest BCUT2D eigenvalue weighted by molar-refractivity contribution is -0.138. The molecule has 0 radical (unpaired) electrons. The molecule has 0 unspecified atom stereocenters. The number of anilines is 2. The van der Waals surface area contributed by atoms with Gasteiger partial charge in [0.15, 0.2) is 0 Å². The number of aromatic nitrogens is 1. The summed E-state index contributed by atoms with van der Waals surface area (Å²) in [5.41, 5.74) is 7.95. The predicted octanol–water partition coefficient (Wildman–Crippen LogP) is 4.72. The van der Waals surface area contributed by atoms with Gasteiger partial charge in [-0.15, -0.1) is 0 Å². The van der Waals surface area contributed by atoms with Gasteiger partial charge >= 0.3 is 6.18 Å². The van der Waals surface area contributed by atoms with Crippen molar-refractivity contribution in [2.45, 2.75) is 25.9 Å². The van der Waals surface area contributed by atoms with Crippen LogP contribution in [0.25, 0.3) is 10.9 Å². The lowest BCUT2D eigenvalue weighted by atomic mass is 10.0. The molecule has 0 bridgehead atoms. The summed E-state index contributed by atoms with van der Waals surface area (Å²) in [5, 5.41) is 3.41. The van der Waals surface area contributed by atoms with Gasteiger partial charge in [0, 0.05) is 28.9 Å². The summed E-state index contributed by atoms with van der Waals surface area (Å²) >= 11 is 0. The molecule has 140 valence electrons. The number of amides is 1. The second-order valence-corrected chi connectivity index (χ2v) is 6.29. The average molecular weight is 373 g/mol. The quantitative estimate of drug-likeness (QED) is 0.696. The fourth-order valence-corrected chi connectivity index (χ4v) is 2.95. The summed E-state index contributed by atoms with van der Waals surface area (Å²) in [4.78, 5) is 16.5. The molecular formula is C20H18F3N3O. The zero-order valence-corrected chi connectivity index (χ0v) is 14.6. The molecule has 1 heterocycles. The van der Waals surface area contributed by atoms with Gasteiger partial charge in [-0.2, -0.15) is 13.2 Å². The minimum Gasteiger partial charge on any atom is -0.398 e. The maximum atomic E-state index is 13.0. The van der Waals surface area contributed by atoms with E-state index in [1.54, 1.807) is 24.3 Å². The number of rotatable bonds is 4. The van der Waals surface area contributed by atoms with Crippen LogP contribution in [0.15, 0.2) is 48.5 Å². The molecule has 0 saturated carbocycles. The molecule has 3 rings (SSSR count). The Balaban J connectivity index is 1.71. The summed E-state index contributed by atoms with van der Waals surface area (Å²) in [6.07, 6.45) is -4.50. The van der Waals surface area contributed by atoms with E-state index in [4.69, 9.17) is 5.73 Å². The molecule has 7 heteroatoms. The largest absolute Gasteiger partial charge is 0.416 e. The summed E-state index contributed by atoms with van der Waals surface area (Å²) in [5.74, 6) is -0.370. The van der Waals surface area contributed by atoms with Crippen LogP contribution in [0.4, 0.5) is 24.5 Å². The number of carbonyl (C=O) groups excluding carboxylic acids is 1. The van der Waals surface area contributed by atoms with Crippen molar-refractivity contribution in [3.63, 3.8) is 0 Å². The van der Waals surface area contributed by atoms with Crippen LogP contribution in [0.2, 0.25) is 0 Å². The smallest absolute Gasteiger partial charge is 0.398 e. The number of carbonyl (C=O) groups is 1. The number of nitrogens with zero attached hydrogens (tertiary/aromatic N) is 1. The normalized spacial score (nSPS) is 11.6. The Kier molecular flexibility index (Phi) is 5.03. The average Bonchev–Trinajstić information content (AvgIpc) is 2.60. The molecular weight excluding hydrogens is 355 g/mol. The van der Waals surface area contributed by atoms with Crippen molar-refractivity contribution in [2.75, 3.05) is 11.1 Å². The molecule has 0 aliphatic rings. The minimum absolute atomic E-state index is 0.00200. The Hall–Kier alpha value is -3.09. The predicted molar refractivity (Wildman–Crippen MR) is 99.3 cm³/mol. The number of hydrogen-bond acceptors (Lipinski definition) is 3. The van der Waals surface area contributed by atoms with Gasteiger partial charge in [0.1, 0.15) is 0 Å². The monoisotopic (exact) mass is 373 g/mol. The second kappa shape index (κ2) is 7.26.